The molecule has 104 valence electrons. The van der Waals surface area contributed by atoms with Crippen LogP contribution in [-0.2, 0) is 9.53 Å². The molecule has 4 nitrogen and oxygen atoms in total. The van der Waals surface area contributed by atoms with Crippen LogP contribution in [0.2, 0.25) is 0 Å². The van der Waals surface area contributed by atoms with Crippen LogP contribution in [0.1, 0.15) is 34.1 Å². The van der Waals surface area contributed by atoms with Gasteiger partial charge in [-0.1, -0.05) is 13.8 Å². The lowest BCUT2D eigenvalue weighted by molar-refractivity contribution is -0.141. The zero-order valence-electron chi connectivity index (χ0n) is 11.6. The molecule has 2 atom stereocenters. The van der Waals surface area contributed by atoms with Gasteiger partial charge < -0.3 is 15.4 Å². The van der Waals surface area contributed by atoms with Gasteiger partial charge in [0, 0.05) is 26.2 Å². The molecule has 0 saturated carbocycles. The van der Waals surface area contributed by atoms with Crippen molar-refractivity contribution in [2.75, 3.05) is 20.2 Å². The fourth-order valence-corrected chi connectivity index (χ4v) is 1.42. The van der Waals surface area contributed by atoms with Crippen LogP contribution >= 0.6 is 12.4 Å². The molecule has 0 aromatic heterocycles. The molecule has 0 heterocycles. The lowest BCUT2D eigenvalue weighted by Crippen LogP contribution is -2.39. The van der Waals surface area contributed by atoms with Crippen LogP contribution in [0.5, 0.6) is 0 Å². The summed E-state index contributed by atoms with van der Waals surface area (Å²) in [4.78, 5) is 13.5. The average molecular weight is 267 g/mol. The molecule has 0 bridgehead atoms. The van der Waals surface area contributed by atoms with Crippen molar-refractivity contribution in [3.63, 3.8) is 0 Å². The summed E-state index contributed by atoms with van der Waals surface area (Å²) < 4.78 is 5.26. The smallest absolute Gasteiger partial charge is 0.251 e. The molecule has 0 rings (SSSR count). The SMILES string of the molecule is CCOC(C)C(=O)N(C)CCC(N)C(C)C.Cl. The summed E-state index contributed by atoms with van der Waals surface area (Å²) in [7, 11) is 1.80. The van der Waals surface area contributed by atoms with Crippen molar-refractivity contribution in [2.45, 2.75) is 46.3 Å². The highest BCUT2D eigenvalue weighted by Crippen LogP contribution is 2.05. The minimum Gasteiger partial charge on any atom is -0.369 e. The third-order valence-corrected chi connectivity index (χ3v) is 2.79. The standard InChI is InChI=1S/C12H26N2O2.ClH/c1-6-16-10(4)12(15)14(5)8-7-11(13)9(2)3;/h9-11H,6-8,13H2,1-5H3;1H. The summed E-state index contributed by atoms with van der Waals surface area (Å²) in [5, 5.41) is 0. The van der Waals surface area contributed by atoms with Crippen molar-refractivity contribution in [3.8, 4) is 0 Å². The molecule has 0 aliphatic carbocycles. The summed E-state index contributed by atoms with van der Waals surface area (Å²) in [5.74, 6) is 0.477. The molecule has 2 N–H and O–H groups in total. The van der Waals surface area contributed by atoms with Gasteiger partial charge in [-0.3, -0.25) is 4.79 Å². The van der Waals surface area contributed by atoms with E-state index in [0.29, 0.717) is 19.1 Å². The first-order valence-corrected chi connectivity index (χ1v) is 6.02. The summed E-state index contributed by atoms with van der Waals surface area (Å²) in [5.41, 5.74) is 5.93. The normalized spacial score (nSPS) is 14.1. The Morgan fingerprint density at radius 3 is 2.29 bits per heavy atom. The Balaban J connectivity index is 0. The largest absolute Gasteiger partial charge is 0.369 e. The fourth-order valence-electron chi connectivity index (χ4n) is 1.42. The Morgan fingerprint density at radius 1 is 1.35 bits per heavy atom. The number of carbonyl (C=O) groups excluding carboxylic acids is 1. The highest BCUT2D eigenvalue weighted by Gasteiger charge is 2.18. The van der Waals surface area contributed by atoms with Gasteiger partial charge >= 0.3 is 0 Å². The number of likely N-dealkylation sites (N-methyl/N-ethyl adjacent to an activating group) is 1. The van der Waals surface area contributed by atoms with Crippen LogP contribution in [0.4, 0.5) is 0 Å². The van der Waals surface area contributed by atoms with Gasteiger partial charge in [0.05, 0.1) is 0 Å². The number of rotatable bonds is 7. The fraction of sp³-hybridized carbons (Fsp3) is 0.917. The van der Waals surface area contributed by atoms with Crippen LogP contribution < -0.4 is 5.73 Å². The number of halogens is 1. The zero-order chi connectivity index (χ0) is 12.7. The highest BCUT2D eigenvalue weighted by molar-refractivity contribution is 5.85. The number of amides is 1. The maximum absolute atomic E-state index is 11.8. The lowest BCUT2D eigenvalue weighted by Gasteiger charge is -2.24. The van der Waals surface area contributed by atoms with Crippen molar-refractivity contribution in [1.82, 2.24) is 4.90 Å². The van der Waals surface area contributed by atoms with Crippen LogP contribution in [0, 0.1) is 5.92 Å². The van der Waals surface area contributed by atoms with Gasteiger partial charge in [-0.15, -0.1) is 12.4 Å². The molecule has 2 unspecified atom stereocenters. The van der Waals surface area contributed by atoms with Crippen LogP contribution in [0.25, 0.3) is 0 Å². The molecule has 0 spiro atoms. The molecule has 0 radical (unpaired) electrons. The van der Waals surface area contributed by atoms with E-state index in [1.54, 1.807) is 18.9 Å². The predicted octanol–water partition coefficient (Wildman–Crippen LogP) is 1.66. The van der Waals surface area contributed by atoms with Crippen molar-refractivity contribution in [1.29, 1.82) is 0 Å². The minimum absolute atomic E-state index is 0. The molecule has 0 aliphatic heterocycles. The number of ether oxygens (including phenoxy) is 1. The molecular weight excluding hydrogens is 240 g/mol. The van der Waals surface area contributed by atoms with Crippen molar-refractivity contribution in [3.05, 3.63) is 0 Å². The van der Waals surface area contributed by atoms with E-state index in [-0.39, 0.29) is 30.5 Å². The Labute approximate surface area is 111 Å². The van der Waals surface area contributed by atoms with Gasteiger partial charge in [-0.2, -0.15) is 0 Å². The maximum atomic E-state index is 11.8. The summed E-state index contributed by atoms with van der Waals surface area (Å²) >= 11 is 0. The third-order valence-electron chi connectivity index (χ3n) is 2.79. The van der Waals surface area contributed by atoms with Crippen LogP contribution in [0.3, 0.4) is 0 Å². The third kappa shape index (κ3) is 7.58. The molecule has 0 fully saturated rings. The summed E-state index contributed by atoms with van der Waals surface area (Å²) in [6, 6.07) is 0.151. The van der Waals surface area contributed by atoms with E-state index in [2.05, 4.69) is 13.8 Å². The molecule has 1 amide bonds. The van der Waals surface area contributed by atoms with Crippen LogP contribution in [0.15, 0.2) is 0 Å². The van der Waals surface area contributed by atoms with Gasteiger partial charge in [0.1, 0.15) is 6.10 Å². The van der Waals surface area contributed by atoms with E-state index in [0.717, 1.165) is 6.42 Å². The number of carbonyl (C=O) groups is 1. The second-order valence-corrected chi connectivity index (χ2v) is 4.55. The van der Waals surface area contributed by atoms with Crippen molar-refractivity contribution >= 4 is 18.3 Å². The van der Waals surface area contributed by atoms with E-state index in [1.165, 1.54) is 0 Å². The first kappa shape index (κ1) is 19.0. The lowest BCUT2D eigenvalue weighted by atomic mass is 10.0. The molecule has 0 aliphatic rings. The van der Waals surface area contributed by atoms with E-state index in [1.807, 2.05) is 6.92 Å². The summed E-state index contributed by atoms with van der Waals surface area (Å²) in [6.45, 7) is 9.11. The molecule has 0 aromatic rings. The maximum Gasteiger partial charge on any atom is 0.251 e. The molecule has 17 heavy (non-hydrogen) atoms. The zero-order valence-corrected chi connectivity index (χ0v) is 12.4. The first-order valence-electron chi connectivity index (χ1n) is 6.02. The monoisotopic (exact) mass is 266 g/mol. The molecule has 0 saturated heterocycles. The van der Waals surface area contributed by atoms with E-state index in [4.69, 9.17) is 10.5 Å². The Kier molecular flexibility index (Phi) is 10.8. The number of nitrogens with zero attached hydrogens (tertiary/aromatic N) is 1. The van der Waals surface area contributed by atoms with Gasteiger partial charge in [0.25, 0.3) is 5.91 Å². The predicted molar refractivity (Wildman–Crippen MR) is 73.4 cm³/mol. The second kappa shape index (κ2) is 9.68. The van der Waals surface area contributed by atoms with Crippen molar-refractivity contribution in [2.24, 2.45) is 11.7 Å². The average Bonchev–Trinajstić information content (AvgIpc) is 2.24. The van der Waals surface area contributed by atoms with Crippen LogP contribution in [-0.4, -0.2) is 43.2 Å². The Bertz CT molecular complexity index is 213. The molecule has 5 heteroatoms. The Hall–Kier alpha value is -0.320. The van der Waals surface area contributed by atoms with Crippen molar-refractivity contribution < 1.29 is 9.53 Å². The van der Waals surface area contributed by atoms with Gasteiger partial charge in [-0.25, -0.2) is 0 Å². The van der Waals surface area contributed by atoms with Gasteiger partial charge in [0.2, 0.25) is 0 Å². The highest BCUT2D eigenvalue weighted by atomic mass is 35.5. The van der Waals surface area contributed by atoms with E-state index >= 15 is 0 Å². The number of hydrogen-bond acceptors (Lipinski definition) is 3. The van der Waals surface area contributed by atoms with Gasteiger partial charge in [0.15, 0.2) is 0 Å². The number of hydrogen-bond donors (Lipinski definition) is 1. The Morgan fingerprint density at radius 2 is 1.88 bits per heavy atom. The number of nitrogens with two attached hydrogens (primary N) is 1. The quantitative estimate of drug-likeness (QED) is 0.763. The molecular formula is C12H27ClN2O2. The van der Waals surface area contributed by atoms with Gasteiger partial charge in [-0.05, 0) is 26.2 Å². The minimum atomic E-state index is -0.356. The first-order chi connectivity index (χ1) is 7.40. The van der Waals surface area contributed by atoms with E-state index < -0.39 is 0 Å². The van der Waals surface area contributed by atoms with E-state index in [9.17, 15) is 4.79 Å². The second-order valence-electron chi connectivity index (χ2n) is 4.55. The molecule has 0 aromatic carbocycles. The topological polar surface area (TPSA) is 55.6 Å². The summed E-state index contributed by atoms with van der Waals surface area (Å²) in [6.07, 6.45) is 0.476.